The third-order valence-corrected chi connectivity index (χ3v) is 8.54. The number of rotatable bonds is 10. The first kappa shape index (κ1) is 28.4. The molecule has 210 valence electrons. The van der Waals surface area contributed by atoms with E-state index in [1.165, 1.54) is 42.1 Å². The van der Waals surface area contributed by atoms with Gasteiger partial charge in [-0.3, -0.25) is 14.5 Å². The fourth-order valence-electron chi connectivity index (χ4n) is 4.30. The Hall–Kier alpha value is -4.09. The van der Waals surface area contributed by atoms with Gasteiger partial charge in [-0.1, -0.05) is 66.8 Å². The molecule has 1 aliphatic heterocycles. The molecule has 41 heavy (non-hydrogen) atoms. The highest BCUT2D eigenvalue weighted by molar-refractivity contribution is 8.00. The van der Waals surface area contributed by atoms with Crippen LogP contribution in [0.1, 0.15) is 42.5 Å². The molecule has 5 rings (SSSR count). The molecule has 3 aromatic carbocycles. The van der Waals surface area contributed by atoms with E-state index >= 15 is 0 Å². The summed E-state index contributed by atoms with van der Waals surface area (Å²) in [6.07, 6.45) is 1.89. The fourth-order valence-corrected chi connectivity index (χ4v) is 6.16. The van der Waals surface area contributed by atoms with Crippen LogP contribution < -0.4 is 9.64 Å². The molecular weight excluding hydrogens is 568 g/mol. The topological polar surface area (TPSA) is 92.6 Å². The van der Waals surface area contributed by atoms with E-state index in [2.05, 4.69) is 17.1 Å². The Bertz CT molecular complexity index is 1590. The molecule has 11 heteroatoms. The van der Waals surface area contributed by atoms with Gasteiger partial charge < -0.3 is 9.84 Å². The smallest absolute Gasteiger partial charge is 0.301 e. The first-order valence-corrected chi connectivity index (χ1v) is 14.7. The highest BCUT2D eigenvalue weighted by Gasteiger charge is 2.48. The molecule has 2 heterocycles. The zero-order valence-electron chi connectivity index (χ0n) is 21.9. The average molecular weight is 594 g/mol. The minimum Gasteiger partial charge on any atom is -0.507 e. The molecule has 0 bridgehead atoms. The lowest BCUT2D eigenvalue weighted by Crippen LogP contribution is -2.29. The van der Waals surface area contributed by atoms with Crippen molar-refractivity contribution in [3.63, 3.8) is 0 Å². The zero-order valence-corrected chi connectivity index (χ0v) is 23.6. The lowest BCUT2D eigenvalue weighted by molar-refractivity contribution is -0.132. The van der Waals surface area contributed by atoms with E-state index in [0.29, 0.717) is 39.1 Å². The van der Waals surface area contributed by atoms with Crippen LogP contribution in [0, 0.1) is 11.6 Å². The number of unbranched alkanes of at least 4 members (excludes halogenated alkanes) is 1. The maximum Gasteiger partial charge on any atom is 0.301 e. The molecule has 1 unspecified atom stereocenters. The highest BCUT2D eigenvalue weighted by atomic mass is 32.2. The maximum atomic E-state index is 14.1. The minimum atomic E-state index is -1.08. The Labute approximate surface area is 243 Å². The number of aliphatic hydroxyl groups is 1. The van der Waals surface area contributed by atoms with Crippen molar-refractivity contribution in [1.29, 1.82) is 0 Å². The van der Waals surface area contributed by atoms with Gasteiger partial charge in [0, 0.05) is 11.3 Å². The number of aliphatic hydroxyl groups excluding tert-OH is 1. The number of nitrogens with zero attached hydrogens (tertiary/aromatic N) is 3. The summed E-state index contributed by atoms with van der Waals surface area (Å²) in [4.78, 5) is 27.9. The third kappa shape index (κ3) is 6.15. The van der Waals surface area contributed by atoms with Gasteiger partial charge in [0.05, 0.1) is 18.2 Å². The number of thioether (sulfide) groups is 1. The maximum absolute atomic E-state index is 14.1. The quantitative estimate of drug-likeness (QED) is 0.0533. The van der Waals surface area contributed by atoms with Crippen LogP contribution in [0.15, 0.2) is 82.7 Å². The number of ketones is 1. The number of halogens is 2. The van der Waals surface area contributed by atoms with E-state index in [0.717, 1.165) is 29.1 Å². The van der Waals surface area contributed by atoms with Crippen molar-refractivity contribution in [3.8, 4) is 5.75 Å². The summed E-state index contributed by atoms with van der Waals surface area (Å²) in [6, 6.07) is 17.2. The predicted octanol–water partition coefficient (Wildman–Crippen LogP) is 6.91. The number of anilines is 1. The van der Waals surface area contributed by atoms with Crippen LogP contribution in [-0.2, 0) is 15.3 Å². The number of aromatic nitrogens is 2. The van der Waals surface area contributed by atoms with Crippen molar-refractivity contribution in [1.82, 2.24) is 10.2 Å². The molecule has 0 spiro atoms. The van der Waals surface area contributed by atoms with Gasteiger partial charge in [0.2, 0.25) is 5.13 Å². The normalized spacial score (nSPS) is 16.4. The number of hydrogen-bond donors (Lipinski definition) is 1. The molecule has 0 saturated carbocycles. The van der Waals surface area contributed by atoms with E-state index in [1.807, 2.05) is 0 Å². The number of Topliss-reactive ketones (excluding diaryl/α,β-unsaturated/α-hetero) is 1. The summed E-state index contributed by atoms with van der Waals surface area (Å²) >= 11 is 2.30. The Morgan fingerprint density at radius 3 is 2.46 bits per heavy atom. The van der Waals surface area contributed by atoms with Crippen LogP contribution in [0.25, 0.3) is 5.76 Å². The van der Waals surface area contributed by atoms with Crippen LogP contribution in [-0.4, -0.2) is 33.6 Å². The predicted molar refractivity (Wildman–Crippen MR) is 154 cm³/mol. The van der Waals surface area contributed by atoms with Gasteiger partial charge in [0.15, 0.2) is 4.34 Å². The number of hydrogen-bond acceptors (Lipinski definition) is 8. The third-order valence-electron chi connectivity index (χ3n) is 6.44. The van der Waals surface area contributed by atoms with Gasteiger partial charge in [-0.05, 0) is 60.0 Å². The monoisotopic (exact) mass is 593 g/mol. The largest absolute Gasteiger partial charge is 0.507 e. The molecule has 1 fully saturated rings. The lowest BCUT2D eigenvalue weighted by atomic mass is 9.95. The molecule has 1 saturated heterocycles. The Morgan fingerprint density at radius 1 is 1.02 bits per heavy atom. The minimum absolute atomic E-state index is 0.121. The van der Waals surface area contributed by atoms with Gasteiger partial charge in [0.1, 0.15) is 23.1 Å². The second-order valence-electron chi connectivity index (χ2n) is 9.18. The number of carbonyl (C=O) groups excluding carboxylic acids is 2. The van der Waals surface area contributed by atoms with Crippen molar-refractivity contribution < 1.29 is 28.2 Å². The molecule has 1 aromatic heterocycles. The lowest BCUT2D eigenvalue weighted by Gasteiger charge is -2.22. The number of ether oxygens (including phenoxy) is 1. The summed E-state index contributed by atoms with van der Waals surface area (Å²) in [5, 5.41) is 19.7. The van der Waals surface area contributed by atoms with Crippen molar-refractivity contribution in [2.45, 2.75) is 35.9 Å². The van der Waals surface area contributed by atoms with Gasteiger partial charge in [-0.15, -0.1) is 10.2 Å². The summed E-state index contributed by atoms with van der Waals surface area (Å²) in [5.41, 5.74) is 1.05. The van der Waals surface area contributed by atoms with E-state index in [4.69, 9.17) is 4.74 Å². The van der Waals surface area contributed by atoms with E-state index in [-0.39, 0.29) is 22.3 Å². The van der Waals surface area contributed by atoms with Crippen LogP contribution in [0.5, 0.6) is 5.75 Å². The van der Waals surface area contributed by atoms with Gasteiger partial charge in [-0.2, -0.15) is 0 Å². The van der Waals surface area contributed by atoms with E-state index in [1.54, 1.807) is 42.5 Å². The van der Waals surface area contributed by atoms with Gasteiger partial charge in [0.25, 0.3) is 5.78 Å². The van der Waals surface area contributed by atoms with Crippen LogP contribution in [0.4, 0.5) is 13.9 Å². The first-order chi connectivity index (χ1) is 19.9. The fraction of sp³-hybridized carbons (Fsp3) is 0.200. The molecule has 1 amide bonds. The van der Waals surface area contributed by atoms with Crippen LogP contribution in [0.2, 0.25) is 0 Å². The summed E-state index contributed by atoms with van der Waals surface area (Å²) in [7, 11) is 0. The molecule has 4 aromatic rings. The van der Waals surface area contributed by atoms with Gasteiger partial charge in [-0.25, -0.2) is 8.78 Å². The molecule has 1 aliphatic rings. The zero-order chi connectivity index (χ0) is 28.9. The first-order valence-electron chi connectivity index (χ1n) is 12.9. The van der Waals surface area contributed by atoms with Crippen LogP contribution in [0.3, 0.4) is 0 Å². The standard InChI is InChI=1S/C30H25F2N3O4S2/c1-2-3-16-39-22-14-10-19(11-15-22)26(36)24-25(18-8-12-21(31)13-9-18)35(28(38)27(24)37)29-33-34-30(41-29)40-17-20-6-4-5-7-23(20)32/h4-15,25,36H,2-3,16-17H2,1H3/b26-24+. The molecule has 7 nitrogen and oxygen atoms in total. The summed E-state index contributed by atoms with van der Waals surface area (Å²) < 4.78 is 34.0. The summed E-state index contributed by atoms with van der Waals surface area (Å²) in [6.45, 7) is 2.62. The Balaban J connectivity index is 1.49. The number of benzene rings is 3. The molecule has 0 aliphatic carbocycles. The van der Waals surface area contributed by atoms with Crippen LogP contribution >= 0.6 is 23.1 Å². The Kier molecular flexibility index (Phi) is 8.75. The summed E-state index contributed by atoms with van der Waals surface area (Å²) in [5.74, 6) is -2.11. The molecule has 0 radical (unpaired) electrons. The average Bonchev–Trinajstić information content (AvgIpc) is 3.55. The van der Waals surface area contributed by atoms with E-state index in [9.17, 15) is 23.5 Å². The number of amides is 1. The second kappa shape index (κ2) is 12.6. The molecule has 1 atom stereocenters. The van der Waals surface area contributed by atoms with Gasteiger partial charge >= 0.3 is 5.91 Å². The molecule has 1 N–H and O–H groups in total. The van der Waals surface area contributed by atoms with Crippen molar-refractivity contribution >= 4 is 45.7 Å². The highest BCUT2D eigenvalue weighted by Crippen LogP contribution is 2.44. The second-order valence-corrected chi connectivity index (χ2v) is 11.4. The van der Waals surface area contributed by atoms with Crippen molar-refractivity contribution in [2.75, 3.05) is 11.5 Å². The van der Waals surface area contributed by atoms with Crippen molar-refractivity contribution in [2.24, 2.45) is 0 Å². The van der Waals surface area contributed by atoms with Crippen molar-refractivity contribution in [3.05, 3.63) is 107 Å². The van der Waals surface area contributed by atoms with E-state index < -0.39 is 23.5 Å². The number of carbonyl (C=O) groups is 2. The molecular formula is C30H25F2N3O4S2. The Morgan fingerprint density at radius 2 is 1.76 bits per heavy atom. The SMILES string of the molecule is CCCCOc1ccc(/C(O)=C2\C(=O)C(=O)N(c3nnc(SCc4ccccc4F)s3)C2c2ccc(F)cc2)cc1.